The van der Waals surface area contributed by atoms with Gasteiger partial charge in [0.05, 0.1) is 33.4 Å². The Bertz CT molecular complexity index is 1090. The molecular weight excluding hydrogens is 366 g/mol. The van der Waals surface area contributed by atoms with E-state index in [9.17, 15) is 0 Å². The molecule has 2 aromatic heterocycles. The standard InChI is InChI=1S/C12H16N2O.C11H13NS/c1-8(2)14-9(3)13-11-6-10(7-15)4-5-12(11)14;1-11(2,3)8-4-5-9-10(6-8)13-7-12-9/h4-6,8,15H,7H2,1-3H3;4-7H,1-3H3. The smallest absolute Gasteiger partial charge is 0.106 e. The van der Waals surface area contributed by atoms with Gasteiger partial charge in [0.15, 0.2) is 0 Å². The second kappa shape index (κ2) is 8.02. The summed E-state index contributed by atoms with van der Waals surface area (Å²) in [6.45, 7) is 13.1. The van der Waals surface area contributed by atoms with E-state index in [4.69, 9.17) is 5.11 Å². The maximum atomic E-state index is 9.05. The second-order valence-electron chi connectivity index (χ2n) is 8.39. The fourth-order valence-electron chi connectivity index (χ4n) is 3.34. The Kier molecular flexibility index (Phi) is 5.87. The minimum absolute atomic E-state index is 0.0729. The highest BCUT2D eigenvalue weighted by molar-refractivity contribution is 7.16. The minimum Gasteiger partial charge on any atom is -0.392 e. The molecule has 0 atom stereocenters. The van der Waals surface area contributed by atoms with Crippen LogP contribution in [0.15, 0.2) is 41.9 Å². The number of aliphatic hydroxyl groups excluding tert-OH is 1. The number of thiazole rings is 1. The molecule has 5 heteroatoms. The fraction of sp³-hybridized carbons (Fsp3) is 0.391. The minimum atomic E-state index is 0.0729. The van der Waals surface area contributed by atoms with E-state index in [1.807, 2.05) is 30.6 Å². The number of imidazole rings is 1. The number of nitrogens with zero attached hydrogens (tertiary/aromatic N) is 3. The quantitative estimate of drug-likeness (QED) is 0.452. The third kappa shape index (κ3) is 4.26. The molecule has 0 saturated heterocycles. The van der Waals surface area contributed by atoms with Crippen LogP contribution < -0.4 is 0 Å². The molecule has 4 aromatic rings. The van der Waals surface area contributed by atoms with Gasteiger partial charge in [-0.2, -0.15) is 0 Å². The van der Waals surface area contributed by atoms with Gasteiger partial charge < -0.3 is 9.67 Å². The summed E-state index contributed by atoms with van der Waals surface area (Å²) < 4.78 is 3.49. The lowest BCUT2D eigenvalue weighted by Gasteiger charge is -2.18. The van der Waals surface area contributed by atoms with E-state index < -0.39 is 0 Å². The van der Waals surface area contributed by atoms with Gasteiger partial charge in [-0.3, -0.25) is 0 Å². The zero-order chi connectivity index (χ0) is 20.5. The third-order valence-electron chi connectivity index (χ3n) is 4.83. The Morgan fingerprint density at radius 1 is 1.07 bits per heavy atom. The van der Waals surface area contributed by atoms with Crippen LogP contribution in [0, 0.1) is 6.92 Å². The number of aliphatic hydroxyl groups is 1. The molecule has 0 radical (unpaired) electrons. The summed E-state index contributed by atoms with van der Waals surface area (Å²) in [6, 6.07) is 12.8. The molecule has 28 heavy (non-hydrogen) atoms. The summed E-state index contributed by atoms with van der Waals surface area (Å²) in [5.74, 6) is 1.02. The highest BCUT2D eigenvalue weighted by atomic mass is 32.1. The molecule has 0 bridgehead atoms. The summed E-state index contributed by atoms with van der Waals surface area (Å²) in [5.41, 5.74) is 7.64. The van der Waals surface area contributed by atoms with Crippen LogP contribution in [0.25, 0.3) is 21.3 Å². The molecule has 0 amide bonds. The van der Waals surface area contributed by atoms with E-state index in [1.165, 1.54) is 10.3 Å². The average Bonchev–Trinajstić information content (AvgIpc) is 3.22. The Labute approximate surface area is 170 Å². The molecule has 1 N–H and O–H groups in total. The predicted octanol–water partition coefficient (Wildman–Crippen LogP) is 6.01. The first-order valence-electron chi connectivity index (χ1n) is 9.62. The van der Waals surface area contributed by atoms with Crippen LogP contribution in [0.4, 0.5) is 0 Å². The van der Waals surface area contributed by atoms with Crippen LogP contribution in [-0.4, -0.2) is 19.6 Å². The van der Waals surface area contributed by atoms with Crippen molar-refractivity contribution in [1.82, 2.24) is 14.5 Å². The number of aromatic nitrogens is 3. The van der Waals surface area contributed by atoms with Crippen molar-refractivity contribution in [3.05, 3.63) is 58.9 Å². The fourth-order valence-corrected chi connectivity index (χ4v) is 4.05. The Hall–Kier alpha value is -2.24. The van der Waals surface area contributed by atoms with Crippen molar-refractivity contribution in [2.45, 2.75) is 59.6 Å². The maximum Gasteiger partial charge on any atom is 0.106 e. The van der Waals surface area contributed by atoms with E-state index in [-0.39, 0.29) is 12.0 Å². The Morgan fingerprint density at radius 3 is 2.46 bits per heavy atom. The van der Waals surface area contributed by atoms with Crippen LogP contribution in [0.5, 0.6) is 0 Å². The Balaban J connectivity index is 0.000000162. The SMILES string of the molecule is CC(C)(C)c1ccc2ncsc2c1.Cc1nc2cc(CO)ccc2n1C(C)C. The second-order valence-corrected chi connectivity index (χ2v) is 9.28. The van der Waals surface area contributed by atoms with Crippen molar-refractivity contribution in [1.29, 1.82) is 0 Å². The lowest BCUT2D eigenvalue weighted by molar-refractivity contribution is 0.282. The summed E-state index contributed by atoms with van der Waals surface area (Å²) >= 11 is 1.71. The highest BCUT2D eigenvalue weighted by Crippen LogP contribution is 2.27. The molecule has 4 nitrogen and oxygen atoms in total. The van der Waals surface area contributed by atoms with E-state index >= 15 is 0 Å². The van der Waals surface area contributed by atoms with Crippen molar-refractivity contribution < 1.29 is 5.11 Å². The third-order valence-corrected chi connectivity index (χ3v) is 5.62. The molecule has 2 aromatic carbocycles. The van der Waals surface area contributed by atoms with Crippen molar-refractivity contribution in [3.63, 3.8) is 0 Å². The topological polar surface area (TPSA) is 50.9 Å². The van der Waals surface area contributed by atoms with Crippen molar-refractivity contribution >= 4 is 32.6 Å². The van der Waals surface area contributed by atoms with E-state index in [0.717, 1.165) is 27.9 Å². The van der Waals surface area contributed by atoms with E-state index in [0.29, 0.717) is 6.04 Å². The summed E-state index contributed by atoms with van der Waals surface area (Å²) in [7, 11) is 0. The largest absolute Gasteiger partial charge is 0.392 e. The van der Waals surface area contributed by atoms with Gasteiger partial charge in [0.1, 0.15) is 5.82 Å². The monoisotopic (exact) mass is 395 g/mol. The number of aryl methyl sites for hydroxylation is 1. The molecule has 2 heterocycles. The molecule has 0 aliphatic rings. The van der Waals surface area contributed by atoms with Gasteiger partial charge in [-0.05, 0) is 61.6 Å². The van der Waals surface area contributed by atoms with Gasteiger partial charge in [-0.25, -0.2) is 9.97 Å². The van der Waals surface area contributed by atoms with Gasteiger partial charge in [0, 0.05) is 6.04 Å². The highest BCUT2D eigenvalue weighted by Gasteiger charge is 2.14. The maximum absolute atomic E-state index is 9.05. The van der Waals surface area contributed by atoms with Crippen molar-refractivity contribution in [2.75, 3.05) is 0 Å². The summed E-state index contributed by atoms with van der Waals surface area (Å²) in [4.78, 5) is 8.76. The lowest BCUT2D eigenvalue weighted by Crippen LogP contribution is -2.10. The van der Waals surface area contributed by atoms with E-state index in [1.54, 1.807) is 11.3 Å². The number of benzene rings is 2. The van der Waals surface area contributed by atoms with Crippen LogP contribution in [0.2, 0.25) is 0 Å². The number of hydrogen-bond donors (Lipinski definition) is 1. The van der Waals surface area contributed by atoms with Gasteiger partial charge in [0.2, 0.25) is 0 Å². The van der Waals surface area contributed by atoms with Gasteiger partial charge in [-0.1, -0.05) is 32.9 Å². The molecule has 0 fully saturated rings. The molecule has 0 aliphatic carbocycles. The molecule has 148 valence electrons. The number of rotatable bonds is 2. The van der Waals surface area contributed by atoms with Crippen LogP contribution >= 0.6 is 11.3 Å². The Morgan fingerprint density at radius 2 is 1.82 bits per heavy atom. The number of hydrogen-bond acceptors (Lipinski definition) is 4. The number of fused-ring (bicyclic) bond motifs is 2. The molecule has 0 spiro atoms. The van der Waals surface area contributed by atoms with Crippen molar-refractivity contribution in [2.24, 2.45) is 0 Å². The van der Waals surface area contributed by atoms with Gasteiger partial charge in [0.25, 0.3) is 0 Å². The molecular formula is C23H29N3OS. The predicted molar refractivity (Wildman–Crippen MR) is 119 cm³/mol. The zero-order valence-corrected chi connectivity index (χ0v) is 18.3. The van der Waals surface area contributed by atoms with E-state index in [2.05, 4.69) is 67.4 Å². The van der Waals surface area contributed by atoms with Gasteiger partial charge >= 0.3 is 0 Å². The molecule has 0 saturated carbocycles. The first kappa shape index (κ1) is 20.5. The molecule has 0 aliphatic heterocycles. The van der Waals surface area contributed by atoms with Crippen LogP contribution in [0.3, 0.4) is 0 Å². The molecule has 0 unspecified atom stereocenters. The first-order valence-corrected chi connectivity index (χ1v) is 10.5. The average molecular weight is 396 g/mol. The lowest BCUT2D eigenvalue weighted by atomic mass is 9.87. The first-order chi connectivity index (χ1) is 13.2. The van der Waals surface area contributed by atoms with Crippen LogP contribution in [0.1, 0.15) is 57.6 Å². The zero-order valence-electron chi connectivity index (χ0n) is 17.5. The summed E-state index contributed by atoms with van der Waals surface area (Å²) in [5, 5.41) is 9.05. The van der Waals surface area contributed by atoms with Crippen LogP contribution in [-0.2, 0) is 12.0 Å². The summed E-state index contributed by atoms with van der Waals surface area (Å²) in [6.07, 6.45) is 0. The van der Waals surface area contributed by atoms with Gasteiger partial charge in [-0.15, -0.1) is 11.3 Å². The van der Waals surface area contributed by atoms with Crippen molar-refractivity contribution in [3.8, 4) is 0 Å². The normalized spacial score (nSPS) is 11.9. The molecule has 4 rings (SSSR count).